The van der Waals surface area contributed by atoms with E-state index in [9.17, 15) is 19.8 Å². The lowest BCUT2D eigenvalue weighted by atomic mass is 10.1. The SMILES string of the molecule is COc1cc(C=C2SC(=O)N(c3cccc(O)c3)C2=O)cc(OC)c1O. The smallest absolute Gasteiger partial charge is 0.298 e. The molecule has 0 saturated carbocycles. The van der Waals surface area contributed by atoms with Gasteiger partial charge in [0.25, 0.3) is 11.1 Å². The molecule has 0 unspecified atom stereocenters. The summed E-state index contributed by atoms with van der Waals surface area (Å²) in [7, 11) is 2.79. The predicted octanol–water partition coefficient (Wildman–Crippen LogP) is 3.36. The number of ether oxygens (including phenoxy) is 2. The van der Waals surface area contributed by atoms with Crippen LogP contribution in [0.2, 0.25) is 0 Å². The van der Waals surface area contributed by atoms with Gasteiger partial charge in [-0.1, -0.05) is 6.07 Å². The second-order valence-corrected chi connectivity index (χ2v) is 6.30. The molecule has 2 aromatic rings. The molecule has 1 saturated heterocycles. The van der Waals surface area contributed by atoms with Gasteiger partial charge in [-0.15, -0.1) is 0 Å². The van der Waals surface area contributed by atoms with Crippen LogP contribution in [0, 0.1) is 0 Å². The zero-order valence-electron chi connectivity index (χ0n) is 13.9. The number of imide groups is 1. The van der Waals surface area contributed by atoms with E-state index < -0.39 is 11.1 Å². The van der Waals surface area contributed by atoms with Crippen molar-refractivity contribution < 1.29 is 29.3 Å². The molecule has 134 valence electrons. The minimum Gasteiger partial charge on any atom is -0.508 e. The fourth-order valence-corrected chi connectivity index (χ4v) is 3.31. The molecule has 0 bridgehead atoms. The molecule has 0 atom stereocenters. The molecular formula is C18H15NO6S. The Morgan fingerprint density at radius 1 is 1.04 bits per heavy atom. The fourth-order valence-electron chi connectivity index (χ4n) is 2.47. The number of phenols is 2. The number of nitrogens with zero attached hydrogens (tertiary/aromatic N) is 1. The third-order valence-corrected chi connectivity index (χ3v) is 4.55. The van der Waals surface area contributed by atoms with E-state index in [-0.39, 0.29) is 33.6 Å². The van der Waals surface area contributed by atoms with E-state index in [1.165, 1.54) is 44.6 Å². The highest BCUT2D eigenvalue weighted by Gasteiger charge is 2.36. The largest absolute Gasteiger partial charge is 0.508 e. The number of thioether (sulfide) groups is 1. The molecule has 7 nitrogen and oxygen atoms in total. The van der Waals surface area contributed by atoms with Crippen molar-refractivity contribution in [3.63, 3.8) is 0 Å². The summed E-state index contributed by atoms with van der Waals surface area (Å²) in [6.07, 6.45) is 1.51. The van der Waals surface area contributed by atoms with E-state index in [1.54, 1.807) is 12.1 Å². The van der Waals surface area contributed by atoms with Crippen molar-refractivity contribution in [3.05, 3.63) is 46.9 Å². The van der Waals surface area contributed by atoms with Crippen molar-refractivity contribution in [1.29, 1.82) is 0 Å². The van der Waals surface area contributed by atoms with Gasteiger partial charge >= 0.3 is 0 Å². The molecule has 8 heteroatoms. The number of anilines is 1. The van der Waals surface area contributed by atoms with E-state index in [2.05, 4.69) is 0 Å². The van der Waals surface area contributed by atoms with Crippen LogP contribution in [0.4, 0.5) is 10.5 Å². The topological polar surface area (TPSA) is 96.3 Å². The molecule has 1 heterocycles. The molecule has 1 aliphatic rings. The summed E-state index contributed by atoms with van der Waals surface area (Å²) in [6, 6.07) is 8.96. The Bertz CT molecular complexity index is 899. The van der Waals surface area contributed by atoms with Crippen molar-refractivity contribution in [2.45, 2.75) is 0 Å². The van der Waals surface area contributed by atoms with Crippen molar-refractivity contribution in [1.82, 2.24) is 0 Å². The maximum Gasteiger partial charge on any atom is 0.298 e. The molecule has 0 spiro atoms. The van der Waals surface area contributed by atoms with E-state index in [0.29, 0.717) is 5.56 Å². The highest BCUT2D eigenvalue weighted by atomic mass is 32.2. The first-order chi connectivity index (χ1) is 12.4. The number of benzene rings is 2. The van der Waals surface area contributed by atoms with Gasteiger partial charge in [0.2, 0.25) is 5.75 Å². The normalized spacial score (nSPS) is 15.6. The zero-order valence-corrected chi connectivity index (χ0v) is 14.7. The maximum absolute atomic E-state index is 12.6. The van der Waals surface area contributed by atoms with Crippen LogP contribution in [0.15, 0.2) is 41.3 Å². The number of carbonyl (C=O) groups is 2. The summed E-state index contributed by atoms with van der Waals surface area (Å²) in [6.45, 7) is 0. The Morgan fingerprint density at radius 3 is 2.27 bits per heavy atom. The lowest BCUT2D eigenvalue weighted by Crippen LogP contribution is -2.27. The summed E-state index contributed by atoms with van der Waals surface area (Å²) in [5.41, 5.74) is 0.815. The number of aromatic hydroxyl groups is 2. The molecule has 2 N–H and O–H groups in total. The van der Waals surface area contributed by atoms with Gasteiger partial charge in [0, 0.05) is 6.07 Å². The van der Waals surface area contributed by atoms with E-state index in [1.807, 2.05) is 0 Å². The summed E-state index contributed by atoms with van der Waals surface area (Å²) in [4.78, 5) is 26.1. The van der Waals surface area contributed by atoms with E-state index >= 15 is 0 Å². The van der Waals surface area contributed by atoms with Crippen molar-refractivity contribution >= 4 is 34.7 Å². The van der Waals surface area contributed by atoms with Crippen LogP contribution in [-0.2, 0) is 4.79 Å². The van der Waals surface area contributed by atoms with Crippen LogP contribution >= 0.6 is 11.8 Å². The molecular weight excluding hydrogens is 358 g/mol. The zero-order chi connectivity index (χ0) is 18.8. The van der Waals surface area contributed by atoms with Gasteiger partial charge in [-0.05, 0) is 47.7 Å². The summed E-state index contributed by atoms with van der Waals surface area (Å²) in [5.74, 6) is -0.333. The molecule has 2 amide bonds. The molecule has 0 radical (unpaired) electrons. The highest BCUT2D eigenvalue weighted by Crippen LogP contribution is 2.40. The van der Waals surface area contributed by atoms with Crippen molar-refractivity contribution in [2.75, 3.05) is 19.1 Å². The van der Waals surface area contributed by atoms with Crippen molar-refractivity contribution in [3.8, 4) is 23.0 Å². The number of hydrogen-bond donors (Lipinski definition) is 2. The molecule has 26 heavy (non-hydrogen) atoms. The van der Waals surface area contributed by atoms with Crippen LogP contribution in [0.3, 0.4) is 0 Å². The van der Waals surface area contributed by atoms with Gasteiger partial charge in [-0.2, -0.15) is 0 Å². The molecule has 1 aliphatic heterocycles. The van der Waals surface area contributed by atoms with Gasteiger partial charge in [0.15, 0.2) is 11.5 Å². The van der Waals surface area contributed by atoms with Crippen LogP contribution < -0.4 is 14.4 Å². The maximum atomic E-state index is 12.6. The molecule has 0 aliphatic carbocycles. The van der Waals surface area contributed by atoms with Crippen molar-refractivity contribution in [2.24, 2.45) is 0 Å². The lowest BCUT2D eigenvalue weighted by Gasteiger charge is -2.12. The number of amides is 2. The summed E-state index contributed by atoms with van der Waals surface area (Å²) in [5, 5.41) is 19.1. The quantitative estimate of drug-likeness (QED) is 0.793. The number of methoxy groups -OCH3 is 2. The molecule has 3 rings (SSSR count). The van der Waals surface area contributed by atoms with Gasteiger partial charge in [0.1, 0.15) is 5.75 Å². The third-order valence-electron chi connectivity index (χ3n) is 3.68. The summed E-state index contributed by atoms with van der Waals surface area (Å²) < 4.78 is 10.2. The Labute approximate surface area is 153 Å². The van der Waals surface area contributed by atoms with Gasteiger partial charge < -0.3 is 19.7 Å². The van der Waals surface area contributed by atoms with E-state index in [0.717, 1.165) is 16.7 Å². The lowest BCUT2D eigenvalue weighted by molar-refractivity contribution is -0.113. The monoisotopic (exact) mass is 373 g/mol. The first-order valence-corrected chi connectivity index (χ1v) is 8.28. The molecule has 0 aromatic heterocycles. The Hall–Kier alpha value is -3.13. The Balaban J connectivity index is 1.98. The van der Waals surface area contributed by atoms with Crippen LogP contribution in [-0.4, -0.2) is 35.6 Å². The van der Waals surface area contributed by atoms with Gasteiger partial charge in [-0.25, -0.2) is 4.90 Å². The average Bonchev–Trinajstić information content (AvgIpc) is 2.89. The molecule has 2 aromatic carbocycles. The summed E-state index contributed by atoms with van der Waals surface area (Å²) >= 11 is 0.781. The van der Waals surface area contributed by atoms with Crippen LogP contribution in [0.1, 0.15) is 5.56 Å². The first kappa shape index (κ1) is 17.7. The van der Waals surface area contributed by atoms with Gasteiger partial charge in [-0.3, -0.25) is 9.59 Å². The second kappa shape index (κ2) is 7.01. The minimum atomic E-state index is -0.503. The highest BCUT2D eigenvalue weighted by molar-refractivity contribution is 8.19. The molecule has 1 fully saturated rings. The standard InChI is InChI=1S/C18H15NO6S/c1-24-13-6-10(7-14(25-2)16(13)21)8-15-17(22)19(18(23)26-15)11-4-3-5-12(20)9-11/h3-9,20-21H,1-2H3. The van der Waals surface area contributed by atoms with Crippen LogP contribution in [0.5, 0.6) is 23.0 Å². The van der Waals surface area contributed by atoms with E-state index in [4.69, 9.17) is 9.47 Å². The number of rotatable bonds is 4. The predicted molar refractivity (Wildman–Crippen MR) is 97.8 cm³/mol. The fraction of sp³-hybridized carbons (Fsp3) is 0.111. The number of hydrogen-bond acceptors (Lipinski definition) is 7. The minimum absolute atomic E-state index is 0.0430. The third kappa shape index (κ3) is 3.18. The number of carbonyl (C=O) groups excluding carboxylic acids is 2. The van der Waals surface area contributed by atoms with Gasteiger partial charge in [0.05, 0.1) is 24.8 Å². The second-order valence-electron chi connectivity index (χ2n) is 5.31. The number of phenolic OH excluding ortho intramolecular Hbond substituents is 2. The average molecular weight is 373 g/mol. The van der Waals surface area contributed by atoms with Crippen LogP contribution in [0.25, 0.3) is 6.08 Å². The Morgan fingerprint density at radius 2 is 1.69 bits per heavy atom. The first-order valence-electron chi connectivity index (χ1n) is 7.46. The Kier molecular flexibility index (Phi) is 4.77.